The fraction of sp³-hybridized carbons (Fsp3) is 0.500. The van der Waals surface area contributed by atoms with E-state index >= 15 is 0 Å². The van der Waals surface area contributed by atoms with Crippen LogP contribution in [-0.2, 0) is 9.53 Å². The largest absolute Gasteiger partial charge is 0.497 e. The van der Waals surface area contributed by atoms with Gasteiger partial charge in [-0.15, -0.1) is 0 Å². The summed E-state index contributed by atoms with van der Waals surface area (Å²) in [6, 6.07) is 5.88. The van der Waals surface area contributed by atoms with Gasteiger partial charge in [0.1, 0.15) is 22.8 Å². The van der Waals surface area contributed by atoms with E-state index in [1.807, 2.05) is 19.1 Å². The first-order valence-corrected chi connectivity index (χ1v) is 9.02. The number of rotatable bonds is 5. The molecule has 6 nitrogen and oxygen atoms in total. The van der Waals surface area contributed by atoms with Crippen LogP contribution in [-0.4, -0.2) is 44.9 Å². The second kappa shape index (κ2) is 7.81. The first-order chi connectivity index (χ1) is 12.6. The van der Waals surface area contributed by atoms with E-state index in [9.17, 15) is 4.79 Å². The Kier molecular flexibility index (Phi) is 5.49. The number of hydrogen-bond donors (Lipinski definition) is 0. The Morgan fingerprint density at radius 1 is 1.27 bits per heavy atom. The average molecular weight is 358 g/mol. The summed E-state index contributed by atoms with van der Waals surface area (Å²) in [4.78, 5) is 19.1. The maximum absolute atomic E-state index is 12.1. The van der Waals surface area contributed by atoms with Gasteiger partial charge in [-0.2, -0.15) is 0 Å². The molecule has 1 fully saturated rings. The molecule has 0 N–H and O–H groups in total. The minimum atomic E-state index is -0.114. The molecule has 2 aromatic rings. The fourth-order valence-electron chi connectivity index (χ4n) is 3.49. The Morgan fingerprint density at radius 3 is 2.77 bits per heavy atom. The zero-order chi connectivity index (χ0) is 18.7. The van der Waals surface area contributed by atoms with Gasteiger partial charge in [-0.1, -0.05) is 0 Å². The number of aryl methyl sites for hydroxylation is 1. The van der Waals surface area contributed by atoms with Crippen LogP contribution in [0.2, 0.25) is 0 Å². The molecular weight excluding hydrogens is 332 g/mol. The van der Waals surface area contributed by atoms with Crippen molar-refractivity contribution in [2.75, 3.05) is 38.8 Å². The molecule has 0 radical (unpaired) electrons. The molecule has 3 rings (SSSR count). The first-order valence-electron chi connectivity index (χ1n) is 9.02. The number of benzene rings is 1. The van der Waals surface area contributed by atoms with E-state index in [1.165, 1.54) is 0 Å². The molecule has 1 aromatic carbocycles. The average Bonchev–Trinajstić information content (AvgIpc) is 2.67. The minimum Gasteiger partial charge on any atom is -0.497 e. The van der Waals surface area contributed by atoms with Gasteiger partial charge in [0.05, 0.1) is 26.7 Å². The van der Waals surface area contributed by atoms with Gasteiger partial charge in [0.15, 0.2) is 0 Å². The molecule has 1 atom stereocenters. The lowest BCUT2D eigenvalue weighted by Gasteiger charge is -2.32. The van der Waals surface area contributed by atoms with E-state index in [2.05, 4.69) is 17.9 Å². The van der Waals surface area contributed by atoms with Crippen molar-refractivity contribution in [3.63, 3.8) is 0 Å². The highest BCUT2D eigenvalue weighted by Gasteiger charge is 2.28. The molecule has 0 aliphatic carbocycles. The molecule has 1 aliphatic rings. The van der Waals surface area contributed by atoms with Gasteiger partial charge in [0.2, 0.25) is 0 Å². The monoisotopic (exact) mass is 358 g/mol. The summed E-state index contributed by atoms with van der Waals surface area (Å²) >= 11 is 0. The second-order valence-electron chi connectivity index (χ2n) is 6.56. The van der Waals surface area contributed by atoms with E-state index in [0.717, 1.165) is 47.4 Å². The Balaban J connectivity index is 1.96. The Morgan fingerprint density at radius 2 is 2.08 bits per heavy atom. The van der Waals surface area contributed by atoms with Crippen LogP contribution in [0.15, 0.2) is 18.2 Å². The summed E-state index contributed by atoms with van der Waals surface area (Å²) in [6.07, 6.45) is 1.81. The summed E-state index contributed by atoms with van der Waals surface area (Å²) in [5.74, 6) is 2.08. The highest BCUT2D eigenvalue weighted by molar-refractivity contribution is 5.90. The van der Waals surface area contributed by atoms with Crippen LogP contribution in [0.5, 0.6) is 11.5 Å². The third-order valence-electron chi connectivity index (χ3n) is 4.87. The topological polar surface area (TPSA) is 60.9 Å². The number of ether oxygens (including phenoxy) is 3. The van der Waals surface area contributed by atoms with E-state index in [-0.39, 0.29) is 11.9 Å². The number of fused-ring (bicyclic) bond motifs is 1. The number of carbonyl (C=O) groups is 1. The van der Waals surface area contributed by atoms with Crippen LogP contribution in [0.1, 0.15) is 25.3 Å². The third kappa shape index (κ3) is 3.54. The summed E-state index contributed by atoms with van der Waals surface area (Å²) in [7, 11) is 3.27. The standard InChI is InChI=1S/C20H26N2O4/c1-5-26-20(23)14-7-6-8-22(12-14)18-9-13(2)16-10-15(24-3)11-17(25-4)19(16)21-18/h9-11,14H,5-8,12H2,1-4H3/t14-/m1/s1. The number of anilines is 1. The molecule has 0 bridgehead atoms. The zero-order valence-corrected chi connectivity index (χ0v) is 15.9. The van der Waals surface area contributed by atoms with Crippen molar-refractivity contribution in [3.05, 3.63) is 23.8 Å². The molecule has 1 aromatic heterocycles. The highest BCUT2D eigenvalue weighted by atomic mass is 16.5. The number of pyridine rings is 1. The molecule has 1 saturated heterocycles. The first kappa shape index (κ1) is 18.3. The number of piperidine rings is 1. The summed E-state index contributed by atoms with van der Waals surface area (Å²) < 4.78 is 16.1. The van der Waals surface area contributed by atoms with Crippen LogP contribution in [0, 0.1) is 12.8 Å². The molecular formula is C20H26N2O4. The minimum absolute atomic E-state index is 0.0979. The fourth-order valence-corrected chi connectivity index (χ4v) is 3.49. The molecule has 1 aliphatic heterocycles. The molecule has 0 amide bonds. The Labute approximate surface area is 154 Å². The van der Waals surface area contributed by atoms with Crippen molar-refractivity contribution in [2.24, 2.45) is 5.92 Å². The third-order valence-corrected chi connectivity index (χ3v) is 4.87. The Hall–Kier alpha value is -2.50. The van der Waals surface area contributed by atoms with Gasteiger partial charge in [-0.25, -0.2) is 4.98 Å². The van der Waals surface area contributed by atoms with Crippen molar-refractivity contribution in [3.8, 4) is 11.5 Å². The number of hydrogen-bond acceptors (Lipinski definition) is 6. The summed E-state index contributed by atoms with van der Waals surface area (Å²) in [5, 5.41) is 1.00. The van der Waals surface area contributed by atoms with E-state index in [4.69, 9.17) is 19.2 Å². The summed E-state index contributed by atoms with van der Waals surface area (Å²) in [6.45, 7) is 5.83. The van der Waals surface area contributed by atoms with Crippen LogP contribution >= 0.6 is 0 Å². The number of esters is 1. The van der Waals surface area contributed by atoms with Crippen LogP contribution < -0.4 is 14.4 Å². The Bertz CT molecular complexity index is 806. The molecule has 0 spiro atoms. The zero-order valence-electron chi connectivity index (χ0n) is 15.9. The SMILES string of the molecule is CCOC(=O)[C@@H]1CCCN(c2cc(C)c3cc(OC)cc(OC)c3n2)C1. The maximum Gasteiger partial charge on any atom is 0.310 e. The van der Waals surface area contributed by atoms with Crippen molar-refractivity contribution in [2.45, 2.75) is 26.7 Å². The van der Waals surface area contributed by atoms with E-state index in [0.29, 0.717) is 18.9 Å². The lowest BCUT2D eigenvalue weighted by atomic mass is 9.98. The normalized spacial score (nSPS) is 17.2. The lowest BCUT2D eigenvalue weighted by molar-refractivity contribution is -0.148. The van der Waals surface area contributed by atoms with Gasteiger partial charge >= 0.3 is 5.97 Å². The molecule has 2 heterocycles. The van der Waals surface area contributed by atoms with Crippen molar-refractivity contribution < 1.29 is 19.0 Å². The van der Waals surface area contributed by atoms with Gasteiger partial charge in [0.25, 0.3) is 0 Å². The van der Waals surface area contributed by atoms with Crippen molar-refractivity contribution in [1.29, 1.82) is 0 Å². The molecule has 0 unspecified atom stereocenters. The number of nitrogens with zero attached hydrogens (tertiary/aromatic N) is 2. The smallest absolute Gasteiger partial charge is 0.310 e. The molecule has 26 heavy (non-hydrogen) atoms. The van der Waals surface area contributed by atoms with Crippen molar-refractivity contribution in [1.82, 2.24) is 4.98 Å². The number of aromatic nitrogens is 1. The number of carbonyl (C=O) groups excluding carboxylic acids is 1. The van der Waals surface area contributed by atoms with Gasteiger partial charge in [-0.05, 0) is 44.4 Å². The van der Waals surface area contributed by atoms with Crippen LogP contribution in [0.3, 0.4) is 0 Å². The van der Waals surface area contributed by atoms with E-state index in [1.54, 1.807) is 14.2 Å². The predicted molar refractivity (Wildman–Crippen MR) is 101 cm³/mol. The predicted octanol–water partition coefficient (Wildman–Crippen LogP) is 3.34. The second-order valence-corrected chi connectivity index (χ2v) is 6.56. The summed E-state index contributed by atoms with van der Waals surface area (Å²) in [5.41, 5.74) is 1.90. The van der Waals surface area contributed by atoms with Crippen molar-refractivity contribution >= 4 is 22.7 Å². The van der Waals surface area contributed by atoms with Gasteiger partial charge < -0.3 is 19.1 Å². The van der Waals surface area contributed by atoms with Crippen LogP contribution in [0.25, 0.3) is 10.9 Å². The molecule has 0 saturated carbocycles. The lowest BCUT2D eigenvalue weighted by Crippen LogP contribution is -2.39. The van der Waals surface area contributed by atoms with Crippen LogP contribution in [0.4, 0.5) is 5.82 Å². The number of methoxy groups -OCH3 is 2. The van der Waals surface area contributed by atoms with E-state index < -0.39 is 0 Å². The van der Waals surface area contributed by atoms with Gasteiger partial charge in [-0.3, -0.25) is 4.79 Å². The maximum atomic E-state index is 12.1. The molecule has 140 valence electrons. The molecule has 6 heteroatoms. The quantitative estimate of drug-likeness (QED) is 0.764. The highest BCUT2D eigenvalue weighted by Crippen LogP contribution is 2.34. The van der Waals surface area contributed by atoms with Gasteiger partial charge in [0, 0.05) is 24.5 Å².